The van der Waals surface area contributed by atoms with Crippen molar-refractivity contribution in [2.24, 2.45) is 5.92 Å². The number of benzene rings is 2. The number of nitrogens with zero attached hydrogens (tertiary/aromatic N) is 4. The molecule has 0 spiro atoms. The van der Waals surface area contributed by atoms with Gasteiger partial charge in [-0.05, 0) is 49.6 Å². The van der Waals surface area contributed by atoms with Gasteiger partial charge >= 0.3 is 0 Å². The summed E-state index contributed by atoms with van der Waals surface area (Å²) in [5, 5.41) is 26.1. The lowest BCUT2D eigenvalue weighted by Crippen LogP contribution is -2.33. The Morgan fingerprint density at radius 3 is 2.58 bits per heavy atom. The second-order valence-corrected chi connectivity index (χ2v) is 10.2. The second kappa shape index (κ2) is 12.1. The van der Waals surface area contributed by atoms with Crippen LogP contribution < -0.4 is 10.6 Å². The Balaban J connectivity index is 1.73. The number of rotatable bonds is 10. The number of amides is 2. The molecule has 10 nitrogen and oxygen atoms in total. The minimum atomic E-state index is -0.540. The fourth-order valence-corrected chi connectivity index (χ4v) is 4.82. The molecule has 190 valence electrons. The molecule has 0 aliphatic heterocycles. The first-order valence-corrected chi connectivity index (χ1v) is 13.1. The number of halogens is 1. The van der Waals surface area contributed by atoms with Crippen LogP contribution in [0.15, 0.2) is 52.1 Å². The van der Waals surface area contributed by atoms with Crippen LogP contribution >= 0.6 is 27.7 Å². The minimum Gasteiger partial charge on any atom is -0.342 e. The summed E-state index contributed by atoms with van der Waals surface area (Å²) in [5.74, 6) is 0.0418. The standard InChI is InChI=1S/C24H27BrN6O4S/c1-5-30-22(21(14(2)3)27-23(33)16-7-6-8-18(12-16)31(34)35)28-29-24(30)36-13-20(32)26-19-10-9-17(25)11-15(19)4/h6-12,14,21H,5,13H2,1-4H3,(H,26,32)(H,27,33)/t21-/m0/s1. The quantitative estimate of drug-likeness (QED) is 0.195. The van der Waals surface area contributed by atoms with Crippen molar-refractivity contribution in [3.8, 4) is 0 Å². The first kappa shape index (κ1) is 27.3. The van der Waals surface area contributed by atoms with Crippen molar-refractivity contribution in [2.45, 2.75) is 45.4 Å². The van der Waals surface area contributed by atoms with Crippen molar-refractivity contribution in [2.75, 3.05) is 11.1 Å². The summed E-state index contributed by atoms with van der Waals surface area (Å²) >= 11 is 4.67. The maximum atomic E-state index is 12.9. The summed E-state index contributed by atoms with van der Waals surface area (Å²) in [6.45, 7) is 8.26. The highest BCUT2D eigenvalue weighted by Gasteiger charge is 2.26. The highest BCUT2D eigenvalue weighted by molar-refractivity contribution is 9.10. The molecule has 0 radical (unpaired) electrons. The maximum Gasteiger partial charge on any atom is 0.270 e. The summed E-state index contributed by atoms with van der Waals surface area (Å²) in [6, 6.07) is 10.7. The third kappa shape index (κ3) is 6.70. The molecular weight excluding hydrogens is 548 g/mol. The Labute approximate surface area is 221 Å². The Morgan fingerprint density at radius 2 is 1.94 bits per heavy atom. The molecule has 0 aliphatic carbocycles. The van der Waals surface area contributed by atoms with Crippen LogP contribution in [0.3, 0.4) is 0 Å². The average molecular weight is 575 g/mol. The van der Waals surface area contributed by atoms with Gasteiger partial charge in [0.1, 0.15) is 0 Å². The molecule has 0 aliphatic rings. The minimum absolute atomic E-state index is 0.0383. The van der Waals surface area contributed by atoms with E-state index in [1.807, 2.05) is 50.5 Å². The highest BCUT2D eigenvalue weighted by atomic mass is 79.9. The Kier molecular flexibility index (Phi) is 9.21. The van der Waals surface area contributed by atoms with Crippen LogP contribution in [-0.2, 0) is 11.3 Å². The SMILES string of the molecule is CCn1c(SCC(=O)Nc2ccc(Br)cc2C)nnc1[C@@H](NC(=O)c1cccc([N+](=O)[O-])c1)C(C)C. The first-order valence-electron chi connectivity index (χ1n) is 11.3. The van der Waals surface area contributed by atoms with Crippen LogP contribution in [0, 0.1) is 23.0 Å². The van der Waals surface area contributed by atoms with Gasteiger partial charge in [0.15, 0.2) is 11.0 Å². The van der Waals surface area contributed by atoms with Crippen molar-refractivity contribution < 1.29 is 14.5 Å². The largest absolute Gasteiger partial charge is 0.342 e. The highest BCUT2D eigenvalue weighted by Crippen LogP contribution is 2.26. The molecule has 0 unspecified atom stereocenters. The van der Waals surface area contributed by atoms with Gasteiger partial charge < -0.3 is 15.2 Å². The van der Waals surface area contributed by atoms with Crippen LogP contribution in [-0.4, -0.2) is 37.3 Å². The molecule has 36 heavy (non-hydrogen) atoms. The molecule has 12 heteroatoms. The van der Waals surface area contributed by atoms with Crippen LogP contribution in [0.2, 0.25) is 0 Å². The number of hydrogen-bond donors (Lipinski definition) is 2. The van der Waals surface area contributed by atoms with E-state index >= 15 is 0 Å². The zero-order valence-corrected chi connectivity index (χ0v) is 22.7. The Bertz CT molecular complexity index is 1280. The number of anilines is 1. The summed E-state index contributed by atoms with van der Waals surface area (Å²) in [7, 11) is 0. The van der Waals surface area contributed by atoms with Crippen LogP contribution in [0.1, 0.15) is 48.6 Å². The van der Waals surface area contributed by atoms with Gasteiger partial charge in [0.05, 0.1) is 16.7 Å². The zero-order valence-electron chi connectivity index (χ0n) is 20.3. The van der Waals surface area contributed by atoms with E-state index in [9.17, 15) is 19.7 Å². The zero-order chi connectivity index (χ0) is 26.4. The Morgan fingerprint density at radius 1 is 1.19 bits per heavy atom. The number of hydrogen-bond acceptors (Lipinski definition) is 7. The van der Waals surface area contributed by atoms with Crippen molar-refractivity contribution in [3.05, 3.63) is 74.0 Å². The van der Waals surface area contributed by atoms with E-state index < -0.39 is 16.9 Å². The van der Waals surface area contributed by atoms with E-state index in [4.69, 9.17) is 0 Å². The fourth-order valence-electron chi connectivity index (χ4n) is 3.53. The van der Waals surface area contributed by atoms with Gasteiger partial charge in [-0.15, -0.1) is 10.2 Å². The predicted molar refractivity (Wildman–Crippen MR) is 142 cm³/mol. The molecule has 0 saturated heterocycles. The Hall–Kier alpha value is -3.25. The number of carbonyl (C=O) groups is 2. The van der Waals surface area contributed by atoms with Gasteiger partial charge in [-0.1, -0.05) is 47.6 Å². The van der Waals surface area contributed by atoms with Gasteiger partial charge in [0.2, 0.25) is 5.91 Å². The fraction of sp³-hybridized carbons (Fsp3) is 0.333. The van der Waals surface area contributed by atoms with Crippen LogP contribution in [0.5, 0.6) is 0 Å². The normalized spacial score (nSPS) is 11.8. The van der Waals surface area contributed by atoms with Crippen molar-refractivity contribution in [1.82, 2.24) is 20.1 Å². The molecule has 2 amide bonds. The van der Waals surface area contributed by atoms with Gasteiger partial charge in [-0.2, -0.15) is 0 Å². The number of nitro groups is 1. The molecule has 1 atom stereocenters. The number of aromatic nitrogens is 3. The summed E-state index contributed by atoms with van der Waals surface area (Å²) in [5.41, 5.74) is 1.72. The molecule has 3 aromatic rings. The predicted octanol–water partition coefficient (Wildman–Crippen LogP) is 5.14. The molecule has 1 aromatic heterocycles. The molecular formula is C24H27BrN6O4S. The lowest BCUT2D eigenvalue weighted by atomic mass is 10.0. The number of carbonyl (C=O) groups excluding carboxylic acids is 2. The maximum absolute atomic E-state index is 12.9. The number of nitrogens with one attached hydrogen (secondary N) is 2. The lowest BCUT2D eigenvalue weighted by Gasteiger charge is -2.22. The molecule has 0 fully saturated rings. The van der Waals surface area contributed by atoms with E-state index in [0.29, 0.717) is 17.5 Å². The first-order chi connectivity index (χ1) is 17.1. The monoisotopic (exact) mass is 574 g/mol. The van der Waals surface area contributed by atoms with Crippen molar-refractivity contribution in [3.63, 3.8) is 0 Å². The van der Waals surface area contributed by atoms with Crippen molar-refractivity contribution in [1.29, 1.82) is 0 Å². The van der Waals surface area contributed by atoms with E-state index in [1.165, 1.54) is 36.0 Å². The molecule has 2 aromatic carbocycles. The summed E-state index contributed by atoms with van der Waals surface area (Å²) in [4.78, 5) is 36.0. The molecule has 2 N–H and O–H groups in total. The number of aryl methyl sites for hydroxylation is 1. The molecule has 3 rings (SSSR count). The number of thioether (sulfide) groups is 1. The average Bonchev–Trinajstić information content (AvgIpc) is 3.25. The van der Waals surface area contributed by atoms with E-state index in [-0.39, 0.29) is 28.8 Å². The van der Waals surface area contributed by atoms with Gasteiger partial charge in [-0.25, -0.2) is 0 Å². The molecule has 0 bridgehead atoms. The third-order valence-corrected chi connectivity index (χ3v) is 6.87. The van der Waals surface area contributed by atoms with E-state index in [2.05, 4.69) is 36.8 Å². The van der Waals surface area contributed by atoms with E-state index in [0.717, 1.165) is 15.7 Å². The molecule has 1 heterocycles. The smallest absolute Gasteiger partial charge is 0.270 e. The van der Waals surface area contributed by atoms with Crippen LogP contribution in [0.4, 0.5) is 11.4 Å². The third-order valence-electron chi connectivity index (χ3n) is 5.41. The number of nitro benzene ring substituents is 1. The van der Waals surface area contributed by atoms with Gasteiger partial charge in [0, 0.05) is 34.4 Å². The topological polar surface area (TPSA) is 132 Å². The number of non-ortho nitro benzene ring substituents is 1. The van der Waals surface area contributed by atoms with Crippen molar-refractivity contribution >= 4 is 50.9 Å². The molecule has 0 saturated carbocycles. The second-order valence-electron chi connectivity index (χ2n) is 8.38. The van der Waals surface area contributed by atoms with Gasteiger partial charge in [-0.3, -0.25) is 19.7 Å². The van der Waals surface area contributed by atoms with Gasteiger partial charge in [0.25, 0.3) is 11.6 Å². The van der Waals surface area contributed by atoms with E-state index in [1.54, 1.807) is 0 Å². The summed E-state index contributed by atoms with van der Waals surface area (Å²) in [6.07, 6.45) is 0. The summed E-state index contributed by atoms with van der Waals surface area (Å²) < 4.78 is 2.80. The van der Waals surface area contributed by atoms with Crippen LogP contribution in [0.25, 0.3) is 0 Å². The lowest BCUT2D eigenvalue weighted by molar-refractivity contribution is -0.384.